The molecule has 1 aliphatic heterocycles. The minimum atomic E-state index is -5.73. The predicted molar refractivity (Wildman–Crippen MR) is 140 cm³/mol. The van der Waals surface area contributed by atoms with Gasteiger partial charge in [-0.1, -0.05) is 6.92 Å². The molecule has 1 aromatic rings. The Morgan fingerprint density at radius 2 is 1.67 bits per heavy atom. The number of benzene rings is 1. The van der Waals surface area contributed by atoms with Crippen LogP contribution in [0.15, 0.2) is 17.2 Å². The van der Waals surface area contributed by atoms with Crippen molar-refractivity contribution in [1.29, 1.82) is 0 Å². The Hall–Kier alpha value is -0.470. The van der Waals surface area contributed by atoms with Gasteiger partial charge in [0, 0.05) is 21.9 Å². The summed E-state index contributed by atoms with van der Waals surface area (Å²) in [7, 11) is -5.73. The smallest absolute Gasteiger partial charge is 0.402 e. The standard InChI is InChI=1S/C19H18F2I3NO7S/c1-4-10(18(28)32-7-19(20,21)33(29,30)31)5-11-12(22)6-13(23)15(14(11)24)25-16(26)8(2)9(3)17(25)27/h6,10H,4-5,7H2,1-3H3,(H,29,30,31). The van der Waals surface area contributed by atoms with E-state index in [1.54, 1.807) is 26.8 Å². The van der Waals surface area contributed by atoms with E-state index in [0.717, 1.165) is 8.47 Å². The Morgan fingerprint density at radius 1 is 1.15 bits per heavy atom. The van der Waals surface area contributed by atoms with Crippen LogP contribution < -0.4 is 4.90 Å². The van der Waals surface area contributed by atoms with Crippen molar-refractivity contribution < 1.29 is 40.9 Å². The molecular weight excluding hydrogens is 805 g/mol. The van der Waals surface area contributed by atoms with Crippen LogP contribution in [0.3, 0.4) is 0 Å². The molecule has 1 aromatic carbocycles. The molecule has 1 N–H and O–H groups in total. The van der Waals surface area contributed by atoms with Crippen LogP contribution in [0.1, 0.15) is 32.8 Å². The van der Waals surface area contributed by atoms with Gasteiger partial charge < -0.3 is 4.74 Å². The number of ether oxygens (including phenoxy) is 1. The quantitative estimate of drug-likeness (QED) is 0.180. The SMILES string of the molecule is CCC(Cc1c(I)cc(I)c(N2C(=O)C(C)=C(C)C2=O)c1I)C(=O)OCC(F)(F)S(=O)(=O)O. The van der Waals surface area contributed by atoms with E-state index in [2.05, 4.69) is 4.74 Å². The van der Waals surface area contributed by atoms with E-state index in [4.69, 9.17) is 4.55 Å². The van der Waals surface area contributed by atoms with Crippen LogP contribution >= 0.6 is 67.8 Å². The van der Waals surface area contributed by atoms with Crippen molar-refractivity contribution >= 4 is 101 Å². The summed E-state index contributed by atoms with van der Waals surface area (Å²) in [5.74, 6) is -2.86. The van der Waals surface area contributed by atoms with Gasteiger partial charge in [-0.2, -0.15) is 17.2 Å². The molecule has 0 fully saturated rings. The number of hydrogen-bond acceptors (Lipinski definition) is 6. The zero-order chi connectivity index (χ0) is 25.5. The second-order valence-electron chi connectivity index (χ2n) is 7.21. The second kappa shape index (κ2) is 10.7. The second-order valence-corrected chi connectivity index (χ2v) is 12.2. The Morgan fingerprint density at radius 3 is 2.12 bits per heavy atom. The average Bonchev–Trinajstić information content (AvgIpc) is 2.89. The van der Waals surface area contributed by atoms with Crippen LogP contribution in [0.2, 0.25) is 0 Å². The van der Waals surface area contributed by atoms with E-state index in [0.29, 0.717) is 29.5 Å². The fourth-order valence-corrected chi connectivity index (χ4v) is 7.45. The molecule has 33 heavy (non-hydrogen) atoms. The minimum Gasteiger partial charge on any atom is -0.458 e. The molecule has 0 radical (unpaired) electrons. The van der Waals surface area contributed by atoms with E-state index < -0.39 is 45.7 Å². The Kier molecular flexibility index (Phi) is 9.28. The summed E-state index contributed by atoms with van der Waals surface area (Å²) >= 11 is 6.02. The number of halogens is 5. The number of carbonyl (C=O) groups is 3. The van der Waals surface area contributed by atoms with E-state index in [1.165, 1.54) is 0 Å². The molecule has 1 heterocycles. The first-order chi connectivity index (χ1) is 15.0. The molecule has 1 unspecified atom stereocenters. The summed E-state index contributed by atoms with van der Waals surface area (Å²) in [5.41, 5.74) is 1.65. The topological polar surface area (TPSA) is 118 Å². The lowest BCUT2D eigenvalue weighted by Gasteiger charge is -2.23. The van der Waals surface area contributed by atoms with Gasteiger partial charge in [-0.3, -0.25) is 18.9 Å². The number of anilines is 1. The third-order valence-electron chi connectivity index (χ3n) is 5.11. The lowest BCUT2D eigenvalue weighted by molar-refractivity contribution is -0.154. The van der Waals surface area contributed by atoms with Crippen LogP contribution in [0, 0.1) is 16.6 Å². The summed E-state index contributed by atoms with van der Waals surface area (Å²) in [4.78, 5) is 38.9. The molecule has 0 saturated heterocycles. The molecule has 2 amide bonds. The first kappa shape index (κ1) is 28.8. The van der Waals surface area contributed by atoms with E-state index >= 15 is 0 Å². The first-order valence-corrected chi connectivity index (χ1v) is 14.0. The monoisotopic (exact) mass is 823 g/mol. The Balaban J connectivity index is 2.37. The summed E-state index contributed by atoms with van der Waals surface area (Å²) < 4.78 is 63.3. The predicted octanol–water partition coefficient (Wildman–Crippen LogP) is 4.30. The van der Waals surface area contributed by atoms with E-state index in [1.807, 2.05) is 67.8 Å². The van der Waals surface area contributed by atoms with Crippen LogP contribution in [-0.4, -0.2) is 42.6 Å². The normalized spacial score (nSPS) is 16.0. The number of alkyl halides is 2. The van der Waals surface area contributed by atoms with Crippen molar-refractivity contribution in [3.05, 3.63) is 33.5 Å². The van der Waals surface area contributed by atoms with Crippen molar-refractivity contribution in [2.75, 3.05) is 11.5 Å². The molecular formula is C19H18F2I3NO7S. The maximum atomic E-state index is 13.4. The van der Waals surface area contributed by atoms with Crippen molar-refractivity contribution in [3.63, 3.8) is 0 Å². The van der Waals surface area contributed by atoms with Gasteiger partial charge in [-0.05, 0) is 106 Å². The van der Waals surface area contributed by atoms with Crippen molar-refractivity contribution in [3.8, 4) is 0 Å². The molecule has 2 rings (SSSR count). The third kappa shape index (κ3) is 5.85. The van der Waals surface area contributed by atoms with Gasteiger partial charge in [0.1, 0.15) is 0 Å². The number of esters is 1. The number of hydrogen-bond donors (Lipinski definition) is 1. The van der Waals surface area contributed by atoms with Gasteiger partial charge >= 0.3 is 21.3 Å². The lowest BCUT2D eigenvalue weighted by Crippen LogP contribution is -2.36. The molecule has 1 atom stereocenters. The number of rotatable bonds is 8. The molecule has 0 aliphatic carbocycles. The number of carbonyl (C=O) groups excluding carboxylic acids is 3. The molecule has 14 heteroatoms. The average molecular weight is 823 g/mol. The highest BCUT2D eigenvalue weighted by atomic mass is 127. The van der Waals surface area contributed by atoms with Crippen LogP contribution in [0.25, 0.3) is 0 Å². The largest absolute Gasteiger partial charge is 0.458 e. The van der Waals surface area contributed by atoms with Gasteiger partial charge in [0.25, 0.3) is 11.8 Å². The van der Waals surface area contributed by atoms with Gasteiger partial charge in [0.05, 0.1) is 11.6 Å². The first-order valence-electron chi connectivity index (χ1n) is 9.29. The van der Waals surface area contributed by atoms with Crippen LogP contribution in [0.4, 0.5) is 14.5 Å². The summed E-state index contributed by atoms with van der Waals surface area (Å²) in [6.45, 7) is 2.95. The summed E-state index contributed by atoms with van der Waals surface area (Å²) in [6, 6.07) is 1.74. The molecule has 0 aromatic heterocycles. The molecule has 1 aliphatic rings. The van der Waals surface area contributed by atoms with Gasteiger partial charge in [0.2, 0.25) is 0 Å². The molecule has 0 saturated carbocycles. The van der Waals surface area contributed by atoms with Gasteiger partial charge in [-0.25, -0.2) is 4.90 Å². The summed E-state index contributed by atoms with van der Waals surface area (Å²) in [5, 5.41) is -4.63. The van der Waals surface area contributed by atoms with Crippen molar-refractivity contribution in [2.24, 2.45) is 5.92 Å². The van der Waals surface area contributed by atoms with Crippen LogP contribution in [0.5, 0.6) is 0 Å². The highest BCUT2D eigenvalue weighted by Crippen LogP contribution is 2.39. The number of nitrogens with zero attached hydrogens (tertiary/aromatic N) is 1. The molecule has 0 spiro atoms. The zero-order valence-corrected chi connectivity index (χ0v) is 24.7. The third-order valence-corrected chi connectivity index (χ3v) is 8.93. The number of amides is 2. The van der Waals surface area contributed by atoms with Crippen LogP contribution in [-0.2, 0) is 35.7 Å². The van der Waals surface area contributed by atoms with Gasteiger partial charge in [-0.15, -0.1) is 0 Å². The minimum absolute atomic E-state index is 0.0366. The Labute approximate surface area is 230 Å². The Bertz CT molecular complexity index is 1140. The van der Waals surface area contributed by atoms with Gasteiger partial charge in [0.15, 0.2) is 6.61 Å². The highest BCUT2D eigenvalue weighted by molar-refractivity contribution is 14.1. The fourth-order valence-electron chi connectivity index (χ4n) is 2.95. The highest BCUT2D eigenvalue weighted by Gasteiger charge is 2.46. The summed E-state index contributed by atoms with van der Waals surface area (Å²) in [6.07, 6.45) is 0.222. The van der Waals surface area contributed by atoms with E-state index in [-0.39, 0.29) is 12.8 Å². The van der Waals surface area contributed by atoms with Crippen molar-refractivity contribution in [2.45, 2.75) is 38.9 Å². The molecule has 8 nitrogen and oxygen atoms in total. The zero-order valence-electron chi connectivity index (χ0n) is 17.4. The maximum Gasteiger partial charge on any atom is 0.402 e. The lowest BCUT2D eigenvalue weighted by atomic mass is 9.96. The number of imide groups is 1. The fraction of sp³-hybridized carbons (Fsp3) is 0.421. The molecule has 182 valence electrons. The van der Waals surface area contributed by atoms with Crippen molar-refractivity contribution in [1.82, 2.24) is 0 Å². The molecule has 0 bridgehead atoms. The maximum absolute atomic E-state index is 13.4. The van der Waals surface area contributed by atoms with E-state index in [9.17, 15) is 31.6 Å².